The molecule has 134 valence electrons. The number of unbranched alkanes of at least 4 members (excludes halogenated alkanes) is 2. The molecule has 25 heavy (non-hydrogen) atoms. The minimum absolute atomic E-state index is 0.0849. The Morgan fingerprint density at radius 1 is 1.24 bits per heavy atom. The van der Waals surface area contributed by atoms with Gasteiger partial charge in [-0.3, -0.25) is 9.89 Å². The molecule has 0 spiro atoms. The Morgan fingerprint density at radius 3 is 2.80 bits per heavy atom. The Bertz CT molecular complexity index is 706. The number of hydrogen-bond acceptors (Lipinski definition) is 4. The molecule has 2 aromatic rings. The van der Waals surface area contributed by atoms with Gasteiger partial charge in [0.05, 0.1) is 18.1 Å². The third kappa shape index (κ3) is 3.75. The molecule has 3 heterocycles. The largest absolute Gasteiger partial charge is 0.503 e. The molecular weight excluding hydrogens is 318 g/mol. The van der Waals surface area contributed by atoms with Gasteiger partial charge in [-0.2, -0.15) is 5.10 Å². The molecule has 1 amide bonds. The van der Waals surface area contributed by atoms with E-state index in [1.54, 1.807) is 23.6 Å². The molecule has 0 aromatic carbocycles. The standard InChI is InChI=1S/C18H25N5O2/c1-2-3-4-6-14-16(15-7-8-20-21-15)23(18(25)17(14)24)11-5-10-22-12-9-19-13-22/h7-9,12-13,16,24H,2-6,10-11H2,1H3,(H,20,21). The average molecular weight is 343 g/mol. The second-order valence-electron chi connectivity index (χ2n) is 6.40. The van der Waals surface area contributed by atoms with Crippen LogP contribution in [-0.2, 0) is 11.3 Å². The Morgan fingerprint density at radius 2 is 2.12 bits per heavy atom. The number of nitrogens with one attached hydrogen (secondary N) is 1. The molecule has 0 saturated heterocycles. The molecule has 1 unspecified atom stereocenters. The topological polar surface area (TPSA) is 87.0 Å². The fourth-order valence-electron chi connectivity index (χ4n) is 3.38. The number of imidazole rings is 1. The number of aromatic nitrogens is 4. The van der Waals surface area contributed by atoms with E-state index in [0.29, 0.717) is 6.54 Å². The minimum atomic E-state index is -0.281. The molecule has 0 bridgehead atoms. The van der Waals surface area contributed by atoms with Crippen LogP contribution in [-0.4, -0.2) is 42.2 Å². The summed E-state index contributed by atoms with van der Waals surface area (Å²) in [5.41, 5.74) is 1.66. The second-order valence-corrected chi connectivity index (χ2v) is 6.40. The Hall–Kier alpha value is -2.57. The van der Waals surface area contributed by atoms with Crippen LogP contribution in [0.1, 0.15) is 50.8 Å². The predicted octanol–water partition coefficient (Wildman–Crippen LogP) is 2.97. The van der Waals surface area contributed by atoms with Crippen molar-refractivity contribution in [2.24, 2.45) is 0 Å². The monoisotopic (exact) mass is 343 g/mol. The Balaban J connectivity index is 1.73. The van der Waals surface area contributed by atoms with Crippen molar-refractivity contribution in [3.8, 4) is 0 Å². The predicted molar refractivity (Wildman–Crippen MR) is 93.7 cm³/mol. The van der Waals surface area contributed by atoms with E-state index in [1.807, 2.05) is 16.8 Å². The molecule has 7 nitrogen and oxygen atoms in total. The normalized spacial score (nSPS) is 17.7. The van der Waals surface area contributed by atoms with E-state index in [4.69, 9.17) is 0 Å². The molecule has 1 aliphatic heterocycles. The smallest absolute Gasteiger partial charge is 0.289 e. The number of hydrogen-bond donors (Lipinski definition) is 2. The third-order valence-corrected chi connectivity index (χ3v) is 4.65. The number of aliphatic hydroxyl groups excluding tert-OH is 1. The minimum Gasteiger partial charge on any atom is -0.503 e. The van der Waals surface area contributed by atoms with E-state index in [2.05, 4.69) is 22.1 Å². The van der Waals surface area contributed by atoms with Crippen molar-refractivity contribution in [1.29, 1.82) is 0 Å². The van der Waals surface area contributed by atoms with Crippen LogP contribution in [0.5, 0.6) is 0 Å². The number of amides is 1. The van der Waals surface area contributed by atoms with Crippen LogP contribution in [0.3, 0.4) is 0 Å². The van der Waals surface area contributed by atoms with Crippen LogP contribution in [0.25, 0.3) is 0 Å². The lowest BCUT2D eigenvalue weighted by Crippen LogP contribution is -2.32. The number of H-pyrrole nitrogens is 1. The average Bonchev–Trinajstić information content (AvgIpc) is 3.34. The van der Waals surface area contributed by atoms with Gasteiger partial charge < -0.3 is 14.6 Å². The first-order valence-electron chi connectivity index (χ1n) is 8.90. The number of rotatable bonds is 9. The first kappa shape index (κ1) is 17.3. The highest BCUT2D eigenvalue weighted by Crippen LogP contribution is 2.38. The molecule has 3 rings (SSSR count). The van der Waals surface area contributed by atoms with Crippen molar-refractivity contribution in [2.75, 3.05) is 6.54 Å². The summed E-state index contributed by atoms with van der Waals surface area (Å²) in [5.74, 6) is -0.366. The summed E-state index contributed by atoms with van der Waals surface area (Å²) in [6.45, 7) is 3.50. The lowest BCUT2D eigenvalue weighted by Gasteiger charge is -2.26. The lowest BCUT2D eigenvalue weighted by atomic mass is 9.98. The molecular formula is C18H25N5O2. The van der Waals surface area contributed by atoms with Crippen LogP contribution in [0.15, 0.2) is 42.3 Å². The summed E-state index contributed by atoms with van der Waals surface area (Å²) in [6, 6.07) is 1.63. The molecule has 0 radical (unpaired) electrons. The molecule has 0 fully saturated rings. The van der Waals surface area contributed by atoms with Crippen molar-refractivity contribution in [1.82, 2.24) is 24.6 Å². The van der Waals surface area contributed by atoms with Gasteiger partial charge in [-0.1, -0.05) is 19.8 Å². The molecule has 2 aromatic heterocycles. The number of aliphatic hydroxyl groups is 1. The second kappa shape index (κ2) is 8.00. The first-order chi connectivity index (χ1) is 12.2. The SMILES string of the molecule is CCCCCC1=C(O)C(=O)N(CCCn2ccnc2)C1c1ccn[nH]1. The zero-order chi connectivity index (χ0) is 17.6. The van der Waals surface area contributed by atoms with Crippen LogP contribution in [0.4, 0.5) is 0 Å². The fourth-order valence-corrected chi connectivity index (χ4v) is 3.38. The van der Waals surface area contributed by atoms with Crippen molar-refractivity contribution >= 4 is 5.91 Å². The summed E-state index contributed by atoms with van der Waals surface area (Å²) in [7, 11) is 0. The number of carbonyl (C=O) groups is 1. The molecule has 1 atom stereocenters. The van der Waals surface area contributed by atoms with Crippen molar-refractivity contribution in [3.63, 3.8) is 0 Å². The van der Waals surface area contributed by atoms with Gasteiger partial charge >= 0.3 is 0 Å². The quantitative estimate of drug-likeness (QED) is 0.685. The maximum atomic E-state index is 12.6. The number of nitrogens with zero attached hydrogens (tertiary/aromatic N) is 4. The summed E-state index contributed by atoms with van der Waals surface area (Å²) < 4.78 is 1.99. The molecule has 7 heteroatoms. The summed E-state index contributed by atoms with van der Waals surface area (Å²) in [5, 5.41) is 17.4. The zero-order valence-corrected chi connectivity index (χ0v) is 14.6. The highest BCUT2D eigenvalue weighted by molar-refractivity contribution is 5.95. The maximum Gasteiger partial charge on any atom is 0.289 e. The van der Waals surface area contributed by atoms with E-state index in [9.17, 15) is 9.90 Å². The van der Waals surface area contributed by atoms with Crippen LogP contribution >= 0.6 is 0 Å². The first-order valence-corrected chi connectivity index (χ1v) is 8.90. The molecule has 0 aliphatic carbocycles. The fraction of sp³-hybridized carbons (Fsp3) is 0.500. The highest BCUT2D eigenvalue weighted by Gasteiger charge is 2.40. The summed E-state index contributed by atoms with van der Waals surface area (Å²) >= 11 is 0. The van der Waals surface area contributed by atoms with Crippen molar-refractivity contribution in [2.45, 2.75) is 51.6 Å². The van der Waals surface area contributed by atoms with Gasteiger partial charge in [-0.25, -0.2) is 4.98 Å². The highest BCUT2D eigenvalue weighted by atomic mass is 16.3. The van der Waals surface area contributed by atoms with E-state index in [0.717, 1.165) is 49.9 Å². The van der Waals surface area contributed by atoms with Gasteiger partial charge in [0.15, 0.2) is 5.76 Å². The molecule has 0 saturated carbocycles. The van der Waals surface area contributed by atoms with E-state index < -0.39 is 0 Å². The third-order valence-electron chi connectivity index (χ3n) is 4.65. The van der Waals surface area contributed by atoms with Gasteiger partial charge in [0.1, 0.15) is 0 Å². The Labute approximate surface area is 147 Å². The van der Waals surface area contributed by atoms with E-state index >= 15 is 0 Å². The summed E-state index contributed by atoms with van der Waals surface area (Å²) in [6.07, 6.45) is 11.8. The molecule has 1 aliphatic rings. The summed E-state index contributed by atoms with van der Waals surface area (Å²) in [4.78, 5) is 18.4. The number of aryl methyl sites for hydroxylation is 1. The van der Waals surface area contributed by atoms with Crippen LogP contribution in [0, 0.1) is 0 Å². The van der Waals surface area contributed by atoms with Gasteiger partial charge in [-0.05, 0) is 25.3 Å². The van der Waals surface area contributed by atoms with E-state index in [-0.39, 0.29) is 17.7 Å². The number of carbonyl (C=O) groups excluding carboxylic acids is 1. The van der Waals surface area contributed by atoms with Crippen molar-refractivity contribution < 1.29 is 9.90 Å². The number of aromatic amines is 1. The Kier molecular flexibility index (Phi) is 5.53. The van der Waals surface area contributed by atoms with Crippen LogP contribution in [0.2, 0.25) is 0 Å². The maximum absolute atomic E-state index is 12.6. The lowest BCUT2D eigenvalue weighted by molar-refractivity contribution is -0.129. The van der Waals surface area contributed by atoms with Gasteiger partial charge in [0.2, 0.25) is 0 Å². The van der Waals surface area contributed by atoms with Crippen LogP contribution < -0.4 is 0 Å². The van der Waals surface area contributed by atoms with Crippen molar-refractivity contribution in [3.05, 3.63) is 48.0 Å². The van der Waals surface area contributed by atoms with Gasteiger partial charge in [-0.15, -0.1) is 0 Å². The van der Waals surface area contributed by atoms with Gasteiger partial charge in [0.25, 0.3) is 5.91 Å². The molecule has 2 N–H and O–H groups in total. The zero-order valence-electron chi connectivity index (χ0n) is 14.6. The van der Waals surface area contributed by atoms with Gasteiger partial charge in [0, 0.05) is 37.3 Å². The van der Waals surface area contributed by atoms with E-state index in [1.165, 1.54) is 0 Å².